The van der Waals surface area contributed by atoms with Gasteiger partial charge in [0, 0.05) is 17.5 Å². The predicted molar refractivity (Wildman–Crippen MR) is 86.7 cm³/mol. The van der Waals surface area contributed by atoms with Gasteiger partial charge in [0.25, 0.3) is 0 Å². The standard InChI is InChI=1S/C14H19FN2O3S.ClH/c1-10-11(15)4-3-5-12(10)17-13(18)14(21(2,19)20)6-8-16-9-7-14;/h3-5,16H,6-9H2,1-2H3,(H,17,18);1H. The van der Waals surface area contributed by atoms with Crippen molar-refractivity contribution in [3.8, 4) is 0 Å². The van der Waals surface area contributed by atoms with Gasteiger partial charge >= 0.3 is 0 Å². The predicted octanol–water partition coefficient (Wildman–Crippen LogP) is 1.66. The number of piperidine rings is 1. The Morgan fingerprint density at radius 2 is 1.91 bits per heavy atom. The topological polar surface area (TPSA) is 75.3 Å². The van der Waals surface area contributed by atoms with E-state index in [2.05, 4.69) is 10.6 Å². The van der Waals surface area contributed by atoms with Crippen molar-refractivity contribution in [1.82, 2.24) is 5.32 Å². The minimum atomic E-state index is -3.58. The highest BCUT2D eigenvalue weighted by Crippen LogP contribution is 2.30. The molecule has 1 aromatic rings. The van der Waals surface area contributed by atoms with Crippen LogP contribution in [0.3, 0.4) is 0 Å². The van der Waals surface area contributed by atoms with Crippen LogP contribution >= 0.6 is 12.4 Å². The lowest BCUT2D eigenvalue weighted by Gasteiger charge is -2.34. The van der Waals surface area contributed by atoms with Crippen molar-refractivity contribution < 1.29 is 17.6 Å². The third-order valence-corrected chi connectivity index (χ3v) is 6.06. The van der Waals surface area contributed by atoms with Crippen LogP contribution in [0.25, 0.3) is 0 Å². The fourth-order valence-electron chi connectivity index (χ4n) is 2.58. The van der Waals surface area contributed by atoms with E-state index in [4.69, 9.17) is 0 Å². The summed E-state index contributed by atoms with van der Waals surface area (Å²) in [6, 6.07) is 4.34. The molecular formula is C14H20ClFN2O3S. The summed E-state index contributed by atoms with van der Waals surface area (Å²) in [5.74, 6) is -1.02. The van der Waals surface area contributed by atoms with Gasteiger partial charge in [0.05, 0.1) is 0 Å². The van der Waals surface area contributed by atoms with Crippen molar-refractivity contribution in [2.75, 3.05) is 24.7 Å². The Bertz CT molecular complexity index is 658. The number of amides is 1. The van der Waals surface area contributed by atoms with Crippen LogP contribution in [0, 0.1) is 12.7 Å². The molecule has 0 aromatic heterocycles. The Kier molecular flexibility index (Phi) is 5.95. The van der Waals surface area contributed by atoms with Gasteiger partial charge in [0.1, 0.15) is 5.82 Å². The van der Waals surface area contributed by atoms with Crippen LogP contribution in [0.2, 0.25) is 0 Å². The maximum atomic E-state index is 13.5. The molecule has 1 fully saturated rings. The van der Waals surface area contributed by atoms with Crippen LogP contribution < -0.4 is 10.6 Å². The molecule has 1 amide bonds. The second-order valence-electron chi connectivity index (χ2n) is 5.38. The number of carbonyl (C=O) groups is 1. The summed E-state index contributed by atoms with van der Waals surface area (Å²) >= 11 is 0. The number of sulfone groups is 1. The average Bonchev–Trinajstić information content (AvgIpc) is 2.43. The first-order valence-electron chi connectivity index (χ1n) is 6.75. The Balaban J connectivity index is 0.00000242. The third-order valence-electron chi connectivity index (χ3n) is 4.05. The molecular weight excluding hydrogens is 331 g/mol. The summed E-state index contributed by atoms with van der Waals surface area (Å²) in [5.41, 5.74) is 0.602. The first kappa shape index (κ1) is 18.9. The monoisotopic (exact) mass is 350 g/mol. The van der Waals surface area contributed by atoms with Crippen LogP contribution in [-0.4, -0.2) is 38.4 Å². The summed E-state index contributed by atoms with van der Waals surface area (Å²) < 4.78 is 36.3. The van der Waals surface area contributed by atoms with Crippen molar-refractivity contribution >= 4 is 33.8 Å². The Labute approximate surface area is 136 Å². The highest BCUT2D eigenvalue weighted by molar-refractivity contribution is 7.92. The highest BCUT2D eigenvalue weighted by Gasteiger charge is 2.48. The summed E-state index contributed by atoms with van der Waals surface area (Å²) in [5, 5.41) is 5.63. The SMILES string of the molecule is Cc1c(F)cccc1NC(=O)C1(S(C)(=O)=O)CCNCC1.Cl. The molecule has 0 spiro atoms. The van der Waals surface area contributed by atoms with Gasteiger partial charge in [-0.05, 0) is 45.0 Å². The molecule has 5 nitrogen and oxygen atoms in total. The van der Waals surface area contributed by atoms with Gasteiger partial charge in [-0.3, -0.25) is 4.79 Å². The van der Waals surface area contributed by atoms with Crippen molar-refractivity contribution in [3.63, 3.8) is 0 Å². The number of hydrogen-bond donors (Lipinski definition) is 2. The number of hydrogen-bond acceptors (Lipinski definition) is 4. The molecule has 2 rings (SSSR count). The van der Waals surface area contributed by atoms with Gasteiger partial charge in [0.15, 0.2) is 14.6 Å². The number of anilines is 1. The molecule has 1 heterocycles. The van der Waals surface area contributed by atoms with Crippen LogP contribution in [0.4, 0.5) is 10.1 Å². The zero-order chi connectivity index (χ0) is 15.7. The van der Waals surface area contributed by atoms with E-state index in [1.165, 1.54) is 12.1 Å². The molecule has 1 aromatic carbocycles. The quantitative estimate of drug-likeness (QED) is 0.869. The molecule has 0 bridgehead atoms. The molecule has 1 aliphatic heterocycles. The Morgan fingerprint density at radius 3 is 2.45 bits per heavy atom. The molecule has 22 heavy (non-hydrogen) atoms. The zero-order valence-corrected chi connectivity index (χ0v) is 14.1. The molecule has 0 unspecified atom stereocenters. The van der Waals surface area contributed by atoms with Crippen molar-refractivity contribution in [3.05, 3.63) is 29.6 Å². The normalized spacial score (nSPS) is 17.4. The summed E-state index contributed by atoms with van der Waals surface area (Å²) in [7, 11) is -3.58. The number of halogens is 2. The molecule has 124 valence electrons. The van der Waals surface area contributed by atoms with Crippen LogP contribution in [0.5, 0.6) is 0 Å². The number of nitrogens with one attached hydrogen (secondary N) is 2. The number of carbonyl (C=O) groups excluding carboxylic acids is 1. The van der Waals surface area contributed by atoms with Crippen LogP contribution in [-0.2, 0) is 14.6 Å². The minimum Gasteiger partial charge on any atom is -0.324 e. The largest absolute Gasteiger partial charge is 0.324 e. The third kappa shape index (κ3) is 3.42. The smallest absolute Gasteiger partial charge is 0.245 e. The first-order valence-corrected chi connectivity index (χ1v) is 8.64. The van der Waals surface area contributed by atoms with Gasteiger partial charge in [-0.2, -0.15) is 0 Å². The van der Waals surface area contributed by atoms with Gasteiger partial charge in [-0.25, -0.2) is 12.8 Å². The maximum absolute atomic E-state index is 13.5. The van der Waals surface area contributed by atoms with Gasteiger partial charge in [-0.15, -0.1) is 12.4 Å². The lowest BCUT2D eigenvalue weighted by Crippen LogP contribution is -2.55. The zero-order valence-electron chi connectivity index (χ0n) is 12.5. The maximum Gasteiger partial charge on any atom is 0.245 e. The molecule has 0 atom stereocenters. The van der Waals surface area contributed by atoms with Crippen molar-refractivity contribution in [1.29, 1.82) is 0 Å². The van der Waals surface area contributed by atoms with Gasteiger partial charge in [-0.1, -0.05) is 6.07 Å². The van der Waals surface area contributed by atoms with E-state index < -0.39 is 26.3 Å². The van der Waals surface area contributed by atoms with E-state index in [9.17, 15) is 17.6 Å². The van der Waals surface area contributed by atoms with Gasteiger partial charge in [0.2, 0.25) is 5.91 Å². The second kappa shape index (κ2) is 6.93. The molecule has 1 saturated heterocycles. The summed E-state index contributed by atoms with van der Waals surface area (Å²) in [6.07, 6.45) is 1.51. The van der Waals surface area contributed by atoms with Gasteiger partial charge < -0.3 is 10.6 Å². The fraction of sp³-hybridized carbons (Fsp3) is 0.500. The van der Waals surface area contributed by atoms with Crippen LogP contribution in [0.15, 0.2) is 18.2 Å². The van der Waals surface area contributed by atoms with E-state index in [0.717, 1.165) is 6.26 Å². The van der Waals surface area contributed by atoms with E-state index >= 15 is 0 Å². The Hall–Kier alpha value is -1.18. The van der Waals surface area contributed by atoms with E-state index in [1.807, 2.05) is 0 Å². The molecule has 0 saturated carbocycles. The molecule has 0 aliphatic carbocycles. The molecule has 8 heteroatoms. The fourth-order valence-corrected chi connectivity index (χ4v) is 3.91. The first-order chi connectivity index (χ1) is 9.78. The number of benzene rings is 1. The van der Waals surface area contributed by atoms with E-state index in [-0.39, 0.29) is 25.2 Å². The lowest BCUT2D eigenvalue weighted by atomic mass is 9.95. The lowest BCUT2D eigenvalue weighted by molar-refractivity contribution is -0.119. The van der Waals surface area contributed by atoms with Crippen molar-refractivity contribution in [2.24, 2.45) is 0 Å². The molecule has 0 radical (unpaired) electrons. The average molecular weight is 351 g/mol. The Morgan fingerprint density at radius 1 is 1.32 bits per heavy atom. The summed E-state index contributed by atoms with van der Waals surface area (Å²) in [4.78, 5) is 12.6. The summed E-state index contributed by atoms with van der Waals surface area (Å²) in [6.45, 7) is 2.46. The molecule has 1 aliphatic rings. The van der Waals surface area contributed by atoms with E-state index in [0.29, 0.717) is 24.3 Å². The second-order valence-corrected chi connectivity index (χ2v) is 7.71. The van der Waals surface area contributed by atoms with E-state index in [1.54, 1.807) is 13.0 Å². The number of rotatable bonds is 3. The molecule has 2 N–H and O–H groups in total. The minimum absolute atomic E-state index is 0. The van der Waals surface area contributed by atoms with Crippen molar-refractivity contribution in [2.45, 2.75) is 24.5 Å². The highest BCUT2D eigenvalue weighted by atomic mass is 35.5. The van der Waals surface area contributed by atoms with Crippen LogP contribution in [0.1, 0.15) is 18.4 Å².